The minimum atomic E-state index is -0.209. The Morgan fingerprint density at radius 2 is 1.79 bits per heavy atom. The minimum absolute atomic E-state index is 0. The summed E-state index contributed by atoms with van der Waals surface area (Å²) in [5.74, 6) is 0. The molecule has 0 spiro atoms. The molecule has 1 nitrogen and oxygen atoms in total. The van der Waals surface area contributed by atoms with Crippen molar-refractivity contribution in [3.05, 3.63) is 52.6 Å². The first kappa shape index (κ1) is 24.0. The van der Waals surface area contributed by atoms with Crippen molar-refractivity contribution in [2.24, 2.45) is 0 Å². The van der Waals surface area contributed by atoms with Crippen LogP contribution < -0.4 is 3.80 Å². The Kier molecular flexibility index (Phi) is 10.8. The fourth-order valence-electron chi connectivity index (χ4n) is 3.02. The van der Waals surface area contributed by atoms with Crippen LogP contribution in [0.4, 0.5) is 0 Å². The molecular weight excluding hydrogens is 373 g/mol. The van der Waals surface area contributed by atoms with Gasteiger partial charge < -0.3 is 0 Å². The number of allylic oxidation sites excluding steroid dienone is 4. The molecule has 0 aromatic heterocycles. The van der Waals surface area contributed by atoms with Gasteiger partial charge in [0.15, 0.2) is 0 Å². The molecule has 0 heterocycles. The van der Waals surface area contributed by atoms with E-state index in [2.05, 4.69) is 68.8 Å². The van der Waals surface area contributed by atoms with Crippen LogP contribution in [0.5, 0.6) is 0 Å². The summed E-state index contributed by atoms with van der Waals surface area (Å²) in [6, 6.07) is 9.05. The van der Waals surface area contributed by atoms with Gasteiger partial charge in [-0.25, -0.2) is 0 Å². The van der Waals surface area contributed by atoms with Crippen molar-refractivity contribution >= 4 is 30.4 Å². The Morgan fingerprint density at radius 1 is 1.12 bits per heavy atom. The average molecular weight is 404 g/mol. The predicted molar refractivity (Wildman–Crippen MR) is 108 cm³/mol. The van der Waals surface area contributed by atoms with E-state index >= 15 is 0 Å². The summed E-state index contributed by atoms with van der Waals surface area (Å²) >= 11 is -0.209. The van der Waals surface area contributed by atoms with Crippen molar-refractivity contribution in [3.63, 3.8) is 0 Å². The normalized spacial score (nSPS) is 14.0. The van der Waals surface area contributed by atoms with Crippen molar-refractivity contribution < 1.29 is 19.4 Å². The third-order valence-corrected chi connectivity index (χ3v) is 6.70. The van der Waals surface area contributed by atoms with Crippen molar-refractivity contribution in [3.8, 4) is 0 Å². The average Bonchev–Trinajstić information content (AvgIpc) is 2.83. The zero-order valence-corrected chi connectivity index (χ0v) is 18.7. The van der Waals surface area contributed by atoms with Gasteiger partial charge >= 0.3 is 146 Å². The van der Waals surface area contributed by atoms with E-state index in [0.717, 1.165) is 6.42 Å². The van der Waals surface area contributed by atoms with E-state index in [1.807, 2.05) is 0 Å². The third kappa shape index (κ3) is 5.75. The zero-order valence-electron chi connectivity index (χ0n) is 15.5. The van der Waals surface area contributed by atoms with Gasteiger partial charge in [0.25, 0.3) is 0 Å². The van der Waals surface area contributed by atoms with Gasteiger partial charge in [0.05, 0.1) is 0 Å². The molecule has 1 aliphatic rings. The van der Waals surface area contributed by atoms with E-state index < -0.39 is 0 Å². The molecular formula is C20H31Cl2NTi. The maximum Gasteiger partial charge on any atom is -0.147 e. The Morgan fingerprint density at radius 3 is 2.38 bits per heavy atom. The molecule has 0 atom stereocenters. The van der Waals surface area contributed by atoms with E-state index in [9.17, 15) is 0 Å². The Balaban J connectivity index is 0.00000264. The number of halogens is 2. The monoisotopic (exact) mass is 403 g/mol. The molecule has 0 amide bonds. The molecule has 24 heavy (non-hydrogen) atoms. The standard InChI is InChI=1S/C16H19.C4H10N.2ClH.Ti/c1-11(2)14-7-5-6-8-16(14)15-10-9-12(3)13(15)4;1-2-3-4-5;;;/h5-9H,10H2,1-4H3;5H,2-4H2,1H3;2*1H;/q;-1;;;+1. The SMILES string of the molecule is CCCC[NH][Ti][C](C)(C)c1ccccc1C1=C(C)C(C)=CC1.Cl.Cl. The first-order valence-electron chi connectivity index (χ1n) is 8.44. The summed E-state index contributed by atoms with van der Waals surface area (Å²) in [7, 11) is 0. The minimum Gasteiger partial charge on any atom is -0.147 e. The molecule has 4 heteroatoms. The number of hydrogen-bond donors (Lipinski definition) is 1. The van der Waals surface area contributed by atoms with Crippen molar-refractivity contribution in [2.45, 2.75) is 57.6 Å². The molecule has 0 unspecified atom stereocenters. The fraction of sp³-hybridized carbons (Fsp3) is 0.500. The van der Waals surface area contributed by atoms with Crippen LogP contribution in [0.1, 0.15) is 65.0 Å². The van der Waals surface area contributed by atoms with Gasteiger partial charge in [0.2, 0.25) is 0 Å². The summed E-state index contributed by atoms with van der Waals surface area (Å²) in [5.41, 5.74) is 7.44. The van der Waals surface area contributed by atoms with Crippen LogP contribution in [0.15, 0.2) is 41.5 Å². The smallest absolute Gasteiger partial charge is 0.147 e. The van der Waals surface area contributed by atoms with Crippen LogP contribution in [0.25, 0.3) is 5.57 Å². The van der Waals surface area contributed by atoms with E-state index in [1.54, 1.807) is 0 Å². The second-order valence-corrected chi connectivity index (χ2v) is 9.67. The van der Waals surface area contributed by atoms with E-state index in [4.69, 9.17) is 0 Å². The van der Waals surface area contributed by atoms with Gasteiger partial charge in [-0.2, -0.15) is 0 Å². The number of unbranched alkanes of at least 4 members (excludes halogenated alkanes) is 1. The fourth-order valence-corrected chi connectivity index (χ4v) is 4.73. The van der Waals surface area contributed by atoms with E-state index in [-0.39, 0.29) is 47.9 Å². The predicted octanol–water partition coefficient (Wildman–Crippen LogP) is 6.28. The van der Waals surface area contributed by atoms with Crippen molar-refractivity contribution in [1.29, 1.82) is 0 Å². The van der Waals surface area contributed by atoms with Crippen molar-refractivity contribution in [1.82, 2.24) is 3.80 Å². The van der Waals surface area contributed by atoms with Crippen LogP contribution in [0.2, 0.25) is 0 Å². The Bertz CT molecular complexity index is 591. The molecule has 1 aromatic rings. The molecule has 0 aliphatic heterocycles. The topological polar surface area (TPSA) is 12.0 Å². The zero-order chi connectivity index (χ0) is 16.2. The molecule has 0 saturated carbocycles. The van der Waals surface area contributed by atoms with Crippen LogP contribution in [0, 0.1) is 0 Å². The van der Waals surface area contributed by atoms with Crippen molar-refractivity contribution in [2.75, 3.05) is 6.54 Å². The summed E-state index contributed by atoms with van der Waals surface area (Å²) < 4.78 is 4.03. The largest absolute Gasteiger partial charge is 0.147 e. The first-order valence-corrected chi connectivity index (χ1v) is 10.0. The molecule has 0 fully saturated rings. The summed E-state index contributed by atoms with van der Waals surface area (Å²) in [6.45, 7) is 12.8. The third-order valence-electron chi connectivity index (χ3n) is 4.64. The number of nitrogens with one attached hydrogen (secondary N) is 1. The molecule has 134 valence electrons. The molecule has 0 radical (unpaired) electrons. The second-order valence-electron chi connectivity index (χ2n) is 6.77. The molecule has 1 aromatic carbocycles. The van der Waals surface area contributed by atoms with Gasteiger partial charge in [-0.3, -0.25) is 0 Å². The van der Waals surface area contributed by atoms with Gasteiger partial charge in [-0.1, -0.05) is 0 Å². The molecule has 1 aliphatic carbocycles. The molecule has 2 rings (SSSR count). The van der Waals surface area contributed by atoms with E-state index in [0.29, 0.717) is 0 Å². The quantitative estimate of drug-likeness (QED) is 0.417. The second kappa shape index (κ2) is 10.8. The van der Waals surface area contributed by atoms with Gasteiger partial charge in [0.1, 0.15) is 0 Å². The summed E-state index contributed by atoms with van der Waals surface area (Å²) in [6.07, 6.45) is 6.01. The van der Waals surface area contributed by atoms with Crippen LogP contribution in [0.3, 0.4) is 0 Å². The van der Waals surface area contributed by atoms with Gasteiger partial charge in [-0.05, 0) is 0 Å². The maximum atomic E-state index is 3.76. The first-order chi connectivity index (χ1) is 10.5. The number of hydrogen-bond acceptors (Lipinski definition) is 1. The summed E-state index contributed by atoms with van der Waals surface area (Å²) in [5, 5.41) is 0. The summed E-state index contributed by atoms with van der Waals surface area (Å²) in [4.78, 5) is 0. The van der Waals surface area contributed by atoms with Crippen LogP contribution >= 0.6 is 24.8 Å². The van der Waals surface area contributed by atoms with Gasteiger partial charge in [0, 0.05) is 0 Å². The molecule has 0 bridgehead atoms. The number of benzene rings is 1. The Hall–Kier alpha value is -0.0457. The Labute approximate surface area is 169 Å². The molecule has 0 saturated heterocycles. The van der Waals surface area contributed by atoms with E-state index in [1.165, 1.54) is 47.2 Å². The molecule has 1 N–H and O–H groups in total. The maximum absolute atomic E-state index is 3.76. The van der Waals surface area contributed by atoms with Crippen LogP contribution in [-0.2, 0) is 23.1 Å². The van der Waals surface area contributed by atoms with Crippen LogP contribution in [-0.4, -0.2) is 6.54 Å². The van der Waals surface area contributed by atoms with Gasteiger partial charge in [-0.15, -0.1) is 24.8 Å². The number of rotatable bonds is 7.